The summed E-state index contributed by atoms with van der Waals surface area (Å²) in [5, 5.41) is 15.1. The van der Waals surface area contributed by atoms with Crippen LogP contribution in [0.25, 0.3) is 0 Å². The lowest BCUT2D eigenvalue weighted by Crippen LogP contribution is -2.25. The fraction of sp³-hybridized carbons (Fsp3) is 0.235. The van der Waals surface area contributed by atoms with E-state index in [-0.39, 0.29) is 5.91 Å². The highest BCUT2D eigenvalue weighted by Crippen LogP contribution is 2.20. The molecule has 2 aromatic rings. The summed E-state index contributed by atoms with van der Waals surface area (Å²) in [6.07, 6.45) is 3.55. The third kappa shape index (κ3) is 4.06. The summed E-state index contributed by atoms with van der Waals surface area (Å²) >= 11 is 0. The van der Waals surface area contributed by atoms with Crippen molar-refractivity contribution in [1.29, 1.82) is 5.26 Å². The highest BCUT2D eigenvalue weighted by molar-refractivity contribution is 5.93. The molecule has 1 aromatic heterocycles. The number of anilines is 2. The van der Waals surface area contributed by atoms with Gasteiger partial charge in [0.1, 0.15) is 11.8 Å². The Kier molecular flexibility index (Phi) is 5.50. The summed E-state index contributed by atoms with van der Waals surface area (Å²) in [6, 6.07) is 12.8. The van der Waals surface area contributed by atoms with Gasteiger partial charge in [0.05, 0.1) is 11.3 Å². The fourth-order valence-corrected chi connectivity index (χ4v) is 1.95. The molecule has 0 atom stereocenters. The molecule has 0 unspecified atom stereocenters. The lowest BCUT2D eigenvalue weighted by Gasteiger charge is -2.09. The molecule has 22 heavy (non-hydrogen) atoms. The number of nitrogens with zero attached hydrogens (tertiary/aromatic N) is 2. The molecule has 0 bridgehead atoms. The maximum absolute atomic E-state index is 12.0. The summed E-state index contributed by atoms with van der Waals surface area (Å²) in [7, 11) is 0. The summed E-state index contributed by atoms with van der Waals surface area (Å²) in [5.74, 6) is -0.189. The van der Waals surface area contributed by atoms with E-state index in [9.17, 15) is 4.79 Å². The van der Waals surface area contributed by atoms with E-state index < -0.39 is 0 Å². The SMILES string of the molecule is CCCCNC(=O)c1cc(Nc2ccccc2C#N)ccn1. The van der Waals surface area contributed by atoms with Crippen LogP contribution in [0.1, 0.15) is 35.8 Å². The van der Waals surface area contributed by atoms with Crippen molar-refractivity contribution in [3.8, 4) is 6.07 Å². The minimum Gasteiger partial charge on any atom is -0.354 e. The number of carbonyl (C=O) groups excluding carboxylic acids is 1. The Labute approximate surface area is 130 Å². The molecule has 1 heterocycles. The van der Waals surface area contributed by atoms with Crippen LogP contribution < -0.4 is 10.6 Å². The predicted octanol–water partition coefficient (Wildman–Crippen LogP) is 3.23. The molecule has 0 saturated carbocycles. The number of nitrogens with one attached hydrogen (secondary N) is 2. The van der Waals surface area contributed by atoms with Gasteiger partial charge in [0.15, 0.2) is 0 Å². The van der Waals surface area contributed by atoms with Crippen LogP contribution in [0.3, 0.4) is 0 Å². The number of unbranched alkanes of at least 4 members (excludes halogenated alkanes) is 1. The monoisotopic (exact) mass is 294 g/mol. The zero-order valence-corrected chi connectivity index (χ0v) is 12.5. The number of carbonyl (C=O) groups is 1. The van der Waals surface area contributed by atoms with Crippen LogP contribution >= 0.6 is 0 Å². The van der Waals surface area contributed by atoms with Gasteiger partial charge in [-0.05, 0) is 30.7 Å². The highest BCUT2D eigenvalue weighted by Gasteiger charge is 2.08. The van der Waals surface area contributed by atoms with Crippen LogP contribution in [0, 0.1) is 11.3 Å². The average molecular weight is 294 g/mol. The lowest BCUT2D eigenvalue weighted by molar-refractivity contribution is 0.0948. The van der Waals surface area contributed by atoms with Crippen molar-refractivity contribution in [2.24, 2.45) is 0 Å². The zero-order valence-electron chi connectivity index (χ0n) is 12.5. The number of nitriles is 1. The number of para-hydroxylation sites is 1. The molecule has 0 radical (unpaired) electrons. The van der Waals surface area contributed by atoms with E-state index in [1.165, 1.54) is 0 Å². The van der Waals surface area contributed by atoms with Gasteiger partial charge in [-0.25, -0.2) is 0 Å². The number of hydrogen-bond acceptors (Lipinski definition) is 4. The van der Waals surface area contributed by atoms with Gasteiger partial charge in [0.2, 0.25) is 0 Å². The first-order valence-electron chi connectivity index (χ1n) is 7.25. The number of amides is 1. The van der Waals surface area contributed by atoms with Crippen molar-refractivity contribution in [2.75, 3.05) is 11.9 Å². The van der Waals surface area contributed by atoms with Crippen LogP contribution in [0.15, 0.2) is 42.6 Å². The minimum absolute atomic E-state index is 0.189. The maximum Gasteiger partial charge on any atom is 0.269 e. The van der Waals surface area contributed by atoms with Gasteiger partial charge in [0.25, 0.3) is 5.91 Å². The normalized spacial score (nSPS) is 9.82. The number of pyridine rings is 1. The number of rotatable bonds is 6. The first kappa shape index (κ1) is 15.5. The van der Waals surface area contributed by atoms with Gasteiger partial charge in [-0.2, -0.15) is 5.26 Å². The number of hydrogen-bond donors (Lipinski definition) is 2. The molecule has 1 aromatic carbocycles. The standard InChI is InChI=1S/C17H18N4O/c1-2-3-9-20-17(22)16-11-14(8-10-19-16)21-15-7-5-4-6-13(15)12-18/h4-8,10-11H,2-3,9H2,1H3,(H,19,21)(H,20,22). The molecular formula is C17H18N4O. The fourth-order valence-electron chi connectivity index (χ4n) is 1.95. The van der Waals surface area contributed by atoms with Crippen molar-refractivity contribution < 1.29 is 4.79 Å². The van der Waals surface area contributed by atoms with E-state index in [1.54, 1.807) is 24.4 Å². The Bertz CT molecular complexity index is 691. The summed E-state index contributed by atoms with van der Waals surface area (Å²) in [4.78, 5) is 16.1. The Balaban J connectivity index is 2.12. The Morgan fingerprint density at radius 2 is 2.14 bits per heavy atom. The average Bonchev–Trinajstić information content (AvgIpc) is 2.56. The zero-order chi connectivity index (χ0) is 15.8. The molecule has 5 nitrogen and oxygen atoms in total. The van der Waals surface area contributed by atoms with Crippen molar-refractivity contribution >= 4 is 17.3 Å². The lowest BCUT2D eigenvalue weighted by atomic mass is 10.2. The molecular weight excluding hydrogens is 276 g/mol. The van der Waals surface area contributed by atoms with Gasteiger partial charge in [-0.15, -0.1) is 0 Å². The summed E-state index contributed by atoms with van der Waals surface area (Å²) < 4.78 is 0. The van der Waals surface area contributed by atoms with Crippen molar-refractivity contribution in [3.05, 3.63) is 53.9 Å². The third-order valence-electron chi connectivity index (χ3n) is 3.13. The van der Waals surface area contributed by atoms with E-state index in [1.807, 2.05) is 18.2 Å². The Hall–Kier alpha value is -2.87. The molecule has 0 saturated heterocycles. The van der Waals surface area contributed by atoms with Gasteiger partial charge in [-0.1, -0.05) is 25.5 Å². The molecule has 0 aliphatic carbocycles. The van der Waals surface area contributed by atoms with Gasteiger partial charge in [0, 0.05) is 18.4 Å². The van der Waals surface area contributed by atoms with Crippen LogP contribution in [0.2, 0.25) is 0 Å². The van der Waals surface area contributed by atoms with Gasteiger partial charge in [-0.3, -0.25) is 9.78 Å². The second-order valence-corrected chi connectivity index (χ2v) is 4.82. The Morgan fingerprint density at radius 3 is 2.91 bits per heavy atom. The first-order chi connectivity index (χ1) is 10.7. The summed E-state index contributed by atoms with van der Waals surface area (Å²) in [5.41, 5.74) is 2.33. The second kappa shape index (κ2) is 7.79. The number of benzene rings is 1. The molecule has 0 aliphatic heterocycles. The minimum atomic E-state index is -0.189. The molecule has 1 amide bonds. The second-order valence-electron chi connectivity index (χ2n) is 4.82. The van der Waals surface area contributed by atoms with Crippen LogP contribution in [0.5, 0.6) is 0 Å². The molecule has 2 N–H and O–H groups in total. The largest absolute Gasteiger partial charge is 0.354 e. The van der Waals surface area contributed by atoms with Crippen molar-refractivity contribution in [1.82, 2.24) is 10.3 Å². The van der Waals surface area contributed by atoms with Crippen molar-refractivity contribution in [3.63, 3.8) is 0 Å². The van der Waals surface area contributed by atoms with E-state index in [0.717, 1.165) is 18.5 Å². The molecule has 112 valence electrons. The quantitative estimate of drug-likeness (QED) is 0.802. The van der Waals surface area contributed by atoms with Crippen molar-refractivity contribution in [2.45, 2.75) is 19.8 Å². The number of aromatic nitrogens is 1. The molecule has 0 spiro atoms. The van der Waals surface area contributed by atoms with E-state index in [2.05, 4.69) is 28.6 Å². The highest BCUT2D eigenvalue weighted by atomic mass is 16.1. The Morgan fingerprint density at radius 1 is 1.32 bits per heavy atom. The molecule has 5 heteroatoms. The van der Waals surface area contributed by atoms with Gasteiger partial charge >= 0.3 is 0 Å². The van der Waals surface area contributed by atoms with E-state index in [0.29, 0.717) is 23.5 Å². The van der Waals surface area contributed by atoms with Crippen LogP contribution in [-0.4, -0.2) is 17.4 Å². The topological polar surface area (TPSA) is 77.8 Å². The van der Waals surface area contributed by atoms with E-state index in [4.69, 9.17) is 5.26 Å². The third-order valence-corrected chi connectivity index (χ3v) is 3.13. The van der Waals surface area contributed by atoms with E-state index >= 15 is 0 Å². The molecule has 0 aliphatic rings. The van der Waals surface area contributed by atoms with Crippen LogP contribution in [0.4, 0.5) is 11.4 Å². The molecule has 2 rings (SSSR count). The van der Waals surface area contributed by atoms with Crippen LogP contribution in [-0.2, 0) is 0 Å². The molecule has 0 fully saturated rings. The first-order valence-corrected chi connectivity index (χ1v) is 7.25. The van der Waals surface area contributed by atoms with Gasteiger partial charge < -0.3 is 10.6 Å². The maximum atomic E-state index is 12.0. The summed E-state index contributed by atoms with van der Waals surface area (Å²) in [6.45, 7) is 2.72. The predicted molar refractivity (Wildman–Crippen MR) is 85.9 cm³/mol. The smallest absolute Gasteiger partial charge is 0.269 e.